The Bertz CT molecular complexity index is 702. The van der Waals surface area contributed by atoms with Crippen molar-refractivity contribution < 1.29 is 9.53 Å². The number of carbonyl (C=O) groups is 1. The highest BCUT2D eigenvalue weighted by Gasteiger charge is 2.09. The molecule has 126 valence electrons. The van der Waals surface area contributed by atoms with Crippen LogP contribution in [-0.2, 0) is 0 Å². The maximum Gasteiger partial charge on any atom is 0.257 e. The zero-order valence-corrected chi connectivity index (χ0v) is 15.1. The van der Waals surface area contributed by atoms with Crippen LogP contribution in [0.5, 0.6) is 5.75 Å². The van der Waals surface area contributed by atoms with Crippen LogP contribution in [0.25, 0.3) is 0 Å². The summed E-state index contributed by atoms with van der Waals surface area (Å²) < 4.78 is 5.69. The molecule has 1 amide bonds. The summed E-state index contributed by atoms with van der Waals surface area (Å²) in [7, 11) is 0. The van der Waals surface area contributed by atoms with Crippen molar-refractivity contribution in [3.63, 3.8) is 0 Å². The average molecular weight is 363 g/mol. The third-order valence-corrected chi connectivity index (χ3v) is 3.81. The lowest BCUT2D eigenvalue weighted by atomic mass is 10.2. The summed E-state index contributed by atoms with van der Waals surface area (Å²) >= 11 is 11.0. The van der Waals surface area contributed by atoms with Crippen molar-refractivity contribution in [2.24, 2.45) is 0 Å². The van der Waals surface area contributed by atoms with E-state index in [4.69, 9.17) is 28.6 Å². The number of benzene rings is 2. The fourth-order valence-corrected chi connectivity index (χ4v) is 2.21. The molecule has 2 aromatic rings. The highest BCUT2D eigenvalue weighted by atomic mass is 35.5. The van der Waals surface area contributed by atoms with Gasteiger partial charge < -0.3 is 10.1 Å². The van der Waals surface area contributed by atoms with Gasteiger partial charge in [-0.2, -0.15) is 0 Å². The molecular weight excluding hydrogens is 344 g/mol. The zero-order valence-electron chi connectivity index (χ0n) is 13.5. The number of hydrogen-bond acceptors (Lipinski definition) is 3. The molecule has 0 radical (unpaired) electrons. The number of amides is 1. The summed E-state index contributed by atoms with van der Waals surface area (Å²) in [5.41, 5.74) is 1.26. The van der Waals surface area contributed by atoms with E-state index in [1.165, 1.54) is 0 Å². The molecule has 0 saturated heterocycles. The van der Waals surface area contributed by atoms with Crippen molar-refractivity contribution in [2.45, 2.75) is 26.4 Å². The first-order chi connectivity index (χ1) is 11.5. The van der Waals surface area contributed by atoms with Gasteiger partial charge in [0.05, 0.1) is 6.10 Å². The van der Waals surface area contributed by atoms with Crippen LogP contribution in [0.15, 0.2) is 48.5 Å². The highest BCUT2D eigenvalue weighted by molar-refractivity contribution is 7.80. The standard InChI is InChI=1S/C18H19ClN2O2S/c1-3-12(2)23-16-10-4-13(5-11-16)17(22)21-18(24)20-15-8-6-14(19)7-9-15/h4-12H,3H2,1-2H3,(H2,20,21,22,24). The third-order valence-electron chi connectivity index (χ3n) is 3.36. The summed E-state index contributed by atoms with van der Waals surface area (Å²) in [6.45, 7) is 4.06. The van der Waals surface area contributed by atoms with Crippen LogP contribution in [0.1, 0.15) is 30.6 Å². The smallest absolute Gasteiger partial charge is 0.257 e. The zero-order chi connectivity index (χ0) is 17.5. The Kier molecular flexibility index (Phi) is 6.58. The Morgan fingerprint density at radius 2 is 1.79 bits per heavy atom. The van der Waals surface area contributed by atoms with Crippen molar-refractivity contribution in [1.29, 1.82) is 0 Å². The van der Waals surface area contributed by atoms with Crippen LogP contribution >= 0.6 is 23.8 Å². The van der Waals surface area contributed by atoms with Gasteiger partial charge in [-0.25, -0.2) is 0 Å². The minimum Gasteiger partial charge on any atom is -0.491 e. The van der Waals surface area contributed by atoms with Crippen molar-refractivity contribution in [1.82, 2.24) is 5.32 Å². The lowest BCUT2D eigenvalue weighted by Crippen LogP contribution is -2.34. The van der Waals surface area contributed by atoms with Gasteiger partial charge in [-0.05, 0) is 74.1 Å². The normalized spacial score (nSPS) is 11.5. The van der Waals surface area contributed by atoms with Gasteiger partial charge in [0.25, 0.3) is 5.91 Å². The molecule has 24 heavy (non-hydrogen) atoms. The molecule has 0 aliphatic carbocycles. The van der Waals surface area contributed by atoms with E-state index < -0.39 is 0 Å². The first-order valence-corrected chi connectivity index (χ1v) is 8.41. The van der Waals surface area contributed by atoms with Crippen LogP contribution < -0.4 is 15.4 Å². The van der Waals surface area contributed by atoms with Crippen LogP contribution in [0.2, 0.25) is 5.02 Å². The molecule has 0 fully saturated rings. The summed E-state index contributed by atoms with van der Waals surface area (Å²) in [6.07, 6.45) is 1.06. The van der Waals surface area contributed by atoms with Gasteiger partial charge in [-0.3, -0.25) is 10.1 Å². The van der Waals surface area contributed by atoms with Crippen LogP contribution in [0.4, 0.5) is 5.69 Å². The predicted octanol–water partition coefficient (Wildman–Crippen LogP) is 4.64. The van der Waals surface area contributed by atoms with Gasteiger partial charge in [0.1, 0.15) is 5.75 Å². The van der Waals surface area contributed by atoms with E-state index in [1.807, 2.05) is 6.92 Å². The maximum atomic E-state index is 12.2. The van der Waals surface area contributed by atoms with Gasteiger partial charge >= 0.3 is 0 Å². The van der Waals surface area contributed by atoms with Gasteiger partial charge in [-0.1, -0.05) is 18.5 Å². The fraction of sp³-hybridized carbons (Fsp3) is 0.222. The number of rotatable bonds is 5. The Balaban J connectivity index is 1.91. The van der Waals surface area contributed by atoms with Crippen LogP contribution in [0, 0.1) is 0 Å². The number of anilines is 1. The van der Waals surface area contributed by atoms with Gasteiger partial charge in [0.15, 0.2) is 5.11 Å². The monoisotopic (exact) mass is 362 g/mol. The molecule has 1 atom stereocenters. The Morgan fingerprint density at radius 3 is 2.38 bits per heavy atom. The third kappa shape index (κ3) is 5.51. The predicted molar refractivity (Wildman–Crippen MR) is 102 cm³/mol. The Hall–Kier alpha value is -2.11. The fourth-order valence-electron chi connectivity index (χ4n) is 1.87. The molecule has 2 aromatic carbocycles. The molecular formula is C18H19ClN2O2S. The number of nitrogens with one attached hydrogen (secondary N) is 2. The Labute approximate surface area is 152 Å². The molecule has 0 spiro atoms. The van der Waals surface area contributed by atoms with Crippen molar-refractivity contribution in [3.8, 4) is 5.75 Å². The van der Waals surface area contributed by atoms with E-state index >= 15 is 0 Å². The van der Waals surface area contributed by atoms with E-state index in [9.17, 15) is 4.79 Å². The molecule has 0 bridgehead atoms. The molecule has 0 aliphatic rings. The molecule has 0 aliphatic heterocycles. The lowest BCUT2D eigenvalue weighted by Gasteiger charge is -2.13. The van der Waals surface area contributed by atoms with Crippen molar-refractivity contribution in [2.75, 3.05) is 5.32 Å². The quantitative estimate of drug-likeness (QED) is 0.760. The average Bonchev–Trinajstić information content (AvgIpc) is 2.57. The molecule has 1 unspecified atom stereocenters. The number of hydrogen-bond donors (Lipinski definition) is 2. The number of thiocarbonyl (C=S) groups is 1. The summed E-state index contributed by atoms with van der Waals surface area (Å²) in [5, 5.41) is 6.43. The number of ether oxygens (including phenoxy) is 1. The topological polar surface area (TPSA) is 50.4 Å². The van der Waals surface area contributed by atoms with E-state index in [2.05, 4.69) is 17.6 Å². The van der Waals surface area contributed by atoms with Crippen LogP contribution in [-0.4, -0.2) is 17.1 Å². The van der Waals surface area contributed by atoms with Gasteiger partial charge in [0.2, 0.25) is 0 Å². The first kappa shape index (κ1) is 18.2. The van der Waals surface area contributed by atoms with E-state index in [-0.39, 0.29) is 17.1 Å². The van der Waals surface area contributed by atoms with Crippen molar-refractivity contribution in [3.05, 3.63) is 59.1 Å². The second-order valence-corrected chi connectivity index (χ2v) is 6.12. The Morgan fingerprint density at radius 1 is 1.17 bits per heavy atom. The maximum absolute atomic E-state index is 12.2. The molecule has 0 heterocycles. The number of carbonyl (C=O) groups excluding carboxylic acids is 1. The summed E-state index contributed by atoms with van der Waals surface area (Å²) in [5.74, 6) is 0.458. The van der Waals surface area contributed by atoms with Gasteiger partial charge in [0, 0.05) is 16.3 Å². The highest BCUT2D eigenvalue weighted by Crippen LogP contribution is 2.15. The molecule has 2 rings (SSSR count). The minimum atomic E-state index is -0.281. The van der Waals surface area contributed by atoms with Gasteiger partial charge in [-0.15, -0.1) is 0 Å². The molecule has 2 N–H and O–H groups in total. The second kappa shape index (κ2) is 8.66. The largest absolute Gasteiger partial charge is 0.491 e. The number of halogens is 1. The lowest BCUT2D eigenvalue weighted by molar-refractivity contribution is 0.0977. The van der Waals surface area contributed by atoms with E-state index in [0.29, 0.717) is 10.6 Å². The summed E-state index contributed by atoms with van der Waals surface area (Å²) in [6, 6.07) is 14.0. The van der Waals surface area contributed by atoms with Crippen molar-refractivity contribution >= 4 is 40.5 Å². The first-order valence-electron chi connectivity index (χ1n) is 7.62. The molecule has 0 aromatic heterocycles. The van der Waals surface area contributed by atoms with E-state index in [0.717, 1.165) is 17.9 Å². The SMILES string of the molecule is CCC(C)Oc1ccc(C(=O)NC(=S)Nc2ccc(Cl)cc2)cc1. The molecule has 0 saturated carbocycles. The van der Waals surface area contributed by atoms with E-state index in [1.54, 1.807) is 48.5 Å². The minimum absolute atomic E-state index is 0.140. The second-order valence-electron chi connectivity index (χ2n) is 5.28. The molecule has 6 heteroatoms. The summed E-state index contributed by atoms with van der Waals surface area (Å²) in [4.78, 5) is 12.2. The molecule has 4 nitrogen and oxygen atoms in total. The van der Waals surface area contributed by atoms with Crippen LogP contribution in [0.3, 0.4) is 0 Å².